The largest absolute Gasteiger partial charge is 0.458 e. The van der Waals surface area contributed by atoms with Gasteiger partial charge in [-0.2, -0.15) is 0 Å². The summed E-state index contributed by atoms with van der Waals surface area (Å²) in [4.78, 5) is 12.0. The second-order valence-electron chi connectivity index (χ2n) is 9.02. The van der Waals surface area contributed by atoms with Gasteiger partial charge in [-0.3, -0.25) is 0 Å². The van der Waals surface area contributed by atoms with Crippen LogP contribution in [0.5, 0.6) is 0 Å². The van der Waals surface area contributed by atoms with Crippen molar-refractivity contribution in [1.29, 1.82) is 0 Å². The van der Waals surface area contributed by atoms with Crippen molar-refractivity contribution in [1.82, 2.24) is 0 Å². The molecule has 0 aliphatic carbocycles. The summed E-state index contributed by atoms with van der Waals surface area (Å²) >= 11 is 0. The molecule has 0 aromatic heterocycles. The summed E-state index contributed by atoms with van der Waals surface area (Å²) in [7, 11) is -2.56. The van der Waals surface area contributed by atoms with Crippen molar-refractivity contribution in [3.8, 4) is 0 Å². The molecule has 2 aromatic carbocycles. The van der Waals surface area contributed by atoms with Crippen LogP contribution in [0.15, 0.2) is 72.3 Å². The van der Waals surface area contributed by atoms with Crippen molar-refractivity contribution in [2.45, 2.75) is 52.2 Å². The van der Waals surface area contributed by atoms with Crippen LogP contribution in [-0.2, 0) is 14.0 Å². The Morgan fingerprint density at radius 1 is 1.03 bits per heavy atom. The predicted molar refractivity (Wildman–Crippen MR) is 121 cm³/mol. The molecular weight excluding hydrogens is 376 g/mol. The Bertz CT molecular complexity index is 813. The zero-order valence-electron chi connectivity index (χ0n) is 18.1. The molecule has 154 valence electrons. The lowest BCUT2D eigenvalue weighted by Gasteiger charge is -2.44. The van der Waals surface area contributed by atoms with E-state index in [0.29, 0.717) is 12.2 Å². The first-order chi connectivity index (χ1) is 13.8. The molecule has 0 bridgehead atoms. The minimum Gasteiger partial charge on any atom is -0.458 e. The fourth-order valence-electron chi connectivity index (χ4n) is 4.13. The first-order valence-electron chi connectivity index (χ1n) is 10.4. The van der Waals surface area contributed by atoms with Gasteiger partial charge >= 0.3 is 5.97 Å². The van der Waals surface area contributed by atoms with Gasteiger partial charge in [0.2, 0.25) is 0 Å². The number of carbonyl (C=O) groups excluding carboxylic acids is 1. The van der Waals surface area contributed by atoms with Crippen LogP contribution >= 0.6 is 0 Å². The second kappa shape index (κ2) is 8.68. The van der Waals surface area contributed by atoms with Crippen molar-refractivity contribution < 1.29 is 14.0 Å². The van der Waals surface area contributed by atoms with E-state index < -0.39 is 8.32 Å². The zero-order chi connectivity index (χ0) is 21.1. The van der Waals surface area contributed by atoms with Gasteiger partial charge in [0.25, 0.3) is 8.32 Å². The van der Waals surface area contributed by atoms with E-state index in [2.05, 4.69) is 88.4 Å². The Hall–Kier alpha value is -2.17. The molecule has 1 aliphatic heterocycles. The maximum absolute atomic E-state index is 12.0. The van der Waals surface area contributed by atoms with E-state index in [1.54, 1.807) is 0 Å². The minimum absolute atomic E-state index is 0.0604. The lowest BCUT2D eigenvalue weighted by atomic mass is 9.99. The maximum atomic E-state index is 12.0. The molecule has 0 spiro atoms. The van der Waals surface area contributed by atoms with Crippen LogP contribution in [0.25, 0.3) is 0 Å². The highest BCUT2D eigenvalue weighted by molar-refractivity contribution is 6.99. The Labute approximate surface area is 175 Å². The van der Waals surface area contributed by atoms with E-state index in [-0.39, 0.29) is 23.0 Å². The molecule has 1 heterocycles. The monoisotopic (exact) mass is 408 g/mol. The van der Waals surface area contributed by atoms with Crippen LogP contribution in [0.2, 0.25) is 5.04 Å². The Kier molecular flexibility index (Phi) is 6.44. The van der Waals surface area contributed by atoms with Gasteiger partial charge in [-0.05, 0) is 22.3 Å². The molecule has 0 N–H and O–H groups in total. The third-order valence-electron chi connectivity index (χ3n) is 5.85. The lowest BCUT2D eigenvalue weighted by molar-refractivity contribution is -0.148. The third kappa shape index (κ3) is 4.38. The van der Waals surface area contributed by atoms with Gasteiger partial charge in [-0.25, -0.2) is 4.79 Å². The topological polar surface area (TPSA) is 35.5 Å². The Balaban J connectivity index is 1.95. The van der Waals surface area contributed by atoms with Crippen LogP contribution < -0.4 is 10.4 Å². The molecule has 2 atom stereocenters. The molecule has 0 radical (unpaired) electrons. The molecule has 0 saturated carbocycles. The van der Waals surface area contributed by atoms with Crippen molar-refractivity contribution in [3.63, 3.8) is 0 Å². The number of hydrogen-bond donors (Lipinski definition) is 0. The van der Waals surface area contributed by atoms with Crippen LogP contribution in [0, 0.1) is 5.92 Å². The summed E-state index contributed by atoms with van der Waals surface area (Å²) in [5, 5.41) is 2.47. The number of esters is 1. The first kappa shape index (κ1) is 21.5. The van der Waals surface area contributed by atoms with Crippen molar-refractivity contribution in [3.05, 3.63) is 72.3 Å². The fourth-order valence-corrected chi connectivity index (χ4v) is 8.80. The van der Waals surface area contributed by atoms with E-state index in [9.17, 15) is 4.79 Å². The molecule has 0 saturated heterocycles. The van der Waals surface area contributed by atoms with Crippen LogP contribution in [0.1, 0.15) is 41.0 Å². The van der Waals surface area contributed by atoms with Gasteiger partial charge in [0.15, 0.2) is 0 Å². The predicted octanol–water partition coefficient (Wildman–Crippen LogP) is 4.46. The number of cyclic esters (lactones) is 1. The molecule has 0 amide bonds. The average Bonchev–Trinajstić information content (AvgIpc) is 2.71. The average molecular weight is 409 g/mol. The standard InChI is InChI=1S/C25H32O3Si/c1-19-16-17-23(28-24(19)26)20(2)18-27-29(25(3,4)5,21-12-8-6-9-13-21)22-14-10-7-11-15-22/h6-16,20,23H,17-18H2,1-5H3/t20-,23-/m1/s1. The van der Waals surface area contributed by atoms with Crippen molar-refractivity contribution in [2.75, 3.05) is 6.61 Å². The number of hydrogen-bond acceptors (Lipinski definition) is 3. The highest BCUT2D eigenvalue weighted by Gasteiger charge is 2.50. The fraction of sp³-hybridized carbons (Fsp3) is 0.400. The maximum Gasteiger partial charge on any atom is 0.333 e. The summed E-state index contributed by atoms with van der Waals surface area (Å²) in [6, 6.07) is 21.3. The number of rotatable bonds is 6. The zero-order valence-corrected chi connectivity index (χ0v) is 19.1. The lowest BCUT2D eigenvalue weighted by Crippen LogP contribution is -2.67. The summed E-state index contributed by atoms with van der Waals surface area (Å²) in [6.45, 7) is 11.3. The molecule has 4 heteroatoms. The van der Waals surface area contributed by atoms with E-state index in [1.165, 1.54) is 10.4 Å². The van der Waals surface area contributed by atoms with Gasteiger partial charge in [0.1, 0.15) is 6.10 Å². The van der Waals surface area contributed by atoms with Gasteiger partial charge in [0.05, 0.1) is 0 Å². The molecule has 2 aromatic rings. The third-order valence-corrected chi connectivity index (χ3v) is 10.9. The molecule has 3 rings (SSSR count). The minimum atomic E-state index is -2.56. The van der Waals surface area contributed by atoms with Gasteiger partial charge in [-0.1, -0.05) is 94.4 Å². The van der Waals surface area contributed by atoms with E-state index >= 15 is 0 Å². The normalized spacial score (nSPS) is 18.7. The smallest absolute Gasteiger partial charge is 0.333 e. The van der Waals surface area contributed by atoms with Crippen molar-refractivity contribution in [2.24, 2.45) is 5.92 Å². The van der Waals surface area contributed by atoms with Gasteiger partial charge in [-0.15, -0.1) is 0 Å². The van der Waals surface area contributed by atoms with Crippen LogP contribution in [-0.4, -0.2) is 27.0 Å². The number of carbonyl (C=O) groups is 1. The van der Waals surface area contributed by atoms with E-state index in [1.807, 2.05) is 13.0 Å². The van der Waals surface area contributed by atoms with Crippen LogP contribution in [0.3, 0.4) is 0 Å². The quantitative estimate of drug-likeness (QED) is 0.523. The molecule has 29 heavy (non-hydrogen) atoms. The van der Waals surface area contributed by atoms with E-state index in [4.69, 9.17) is 9.16 Å². The highest BCUT2D eigenvalue weighted by Crippen LogP contribution is 2.37. The second-order valence-corrected chi connectivity index (χ2v) is 13.3. The summed E-state index contributed by atoms with van der Waals surface area (Å²) < 4.78 is 12.6. The van der Waals surface area contributed by atoms with E-state index in [0.717, 1.165) is 6.42 Å². The SMILES string of the molecule is CC1=CC[C@H]([C@H](C)CO[Si](c2ccccc2)(c2ccccc2)C(C)(C)C)OC1=O. The number of benzene rings is 2. The summed E-state index contributed by atoms with van der Waals surface area (Å²) in [6.07, 6.45) is 2.60. The van der Waals surface area contributed by atoms with Crippen LogP contribution in [0.4, 0.5) is 0 Å². The molecular formula is C25H32O3Si. The summed E-state index contributed by atoms with van der Waals surface area (Å²) in [5.41, 5.74) is 0.696. The van der Waals surface area contributed by atoms with Crippen molar-refractivity contribution >= 4 is 24.7 Å². The molecule has 0 fully saturated rings. The first-order valence-corrected chi connectivity index (χ1v) is 12.3. The highest BCUT2D eigenvalue weighted by atomic mass is 28.4. The number of ether oxygens (including phenoxy) is 1. The Morgan fingerprint density at radius 2 is 1.55 bits per heavy atom. The Morgan fingerprint density at radius 3 is 2.00 bits per heavy atom. The van der Waals surface area contributed by atoms with Gasteiger partial charge in [0, 0.05) is 24.5 Å². The van der Waals surface area contributed by atoms with Gasteiger partial charge < -0.3 is 9.16 Å². The molecule has 1 aliphatic rings. The summed E-state index contributed by atoms with van der Waals surface area (Å²) in [5.74, 6) is -0.0940. The molecule has 0 unspecified atom stereocenters. The molecule has 3 nitrogen and oxygen atoms in total.